The zero-order valence-corrected chi connectivity index (χ0v) is 18.7. The van der Waals surface area contributed by atoms with E-state index in [0.717, 1.165) is 11.3 Å². The number of aryl methyl sites for hydroxylation is 3. The molecule has 33 heavy (non-hydrogen) atoms. The first-order valence-electron chi connectivity index (χ1n) is 10.2. The van der Waals surface area contributed by atoms with E-state index >= 15 is 0 Å². The molecule has 0 aliphatic heterocycles. The maximum Gasteiger partial charge on any atom is 0.471 e. The van der Waals surface area contributed by atoms with Gasteiger partial charge in [0.05, 0.1) is 5.39 Å². The lowest BCUT2D eigenvalue weighted by atomic mass is 10.2. The minimum atomic E-state index is -4.94. The molecule has 0 saturated heterocycles. The zero-order valence-electron chi connectivity index (χ0n) is 18.7. The van der Waals surface area contributed by atoms with Crippen molar-refractivity contribution < 1.29 is 27.5 Å². The molecule has 2 amide bonds. The summed E-state index contributed by atoms with van der Waals surface area (Å²) in [7, 11) is 1.73. The van der Waals surface area contributed by atoms with Crippen LogP contribution in [-0.4, -0.2) is 50.8 Å². The van der Waals surface area contributed by atoms with Gasteiger partial charge in [0.1, 0.15) is 0 Å². The fourth-order valence-electron chi connectivity index (χ4n) is 3.46. The molecule has 8 nitrogen and oxygen atoms in total. The fourth-order valence-corrected chi connectivity index (χ4v) is 3.46. The number of amides is 2. The summed E-state index contributed by atoms with van der Waals surface area (Å²) in [4.78, 5) is 29.0. The van der Waals surface area contributed by atoms with E-state index in [1.807, 2.05) is 19.9 Å². The van der Waals surface area contributed by atoms with Gasteiger partial charge in [-0.25, -0.2) is 9.67 Å². The van der Waals surface area contributed by atoms with E-state index in [9.17, 15) is 22.8 Å². The van der Waals surface area contributed by atoms with Crippen molar-refractivity contribution in [2.45, 2.75) is 33.5 Å². The third-order valence-corrected chi connectivity index (χ3v) is 4.92. The number of pyridine rings is 1. The maximum absolute atomic E-state index is 12.7. The molecule has 0 fully saturated rings. The molecule has 3 rings (SSSR count). The Hall–Kier alpha value is -3.63. The molecule has 0 atom stereocenters. The Bertz CT molecular complexity index is 1190. The minimum absolute atomic E-state index is 0.103. The third-order valence-electron chi connectivity index (χ3n) is 4.92. The molecule has 1 aromatic carbocycles. The number of rotatable bonds is 7. The Kier molecular flexibility index (Phi) is 6.89. The van der Waals surface area contributed by atoms with Gasteiger partial charge in [-0.15, -0.1) is 5.10 Å². The van der Waals surface area contributed by atoms with E-state index in [1.165, 1.54) is 13.0 Å². The van der Waals surface area contributed by atoms with Gasteiger partial charge >= 0.3 is 12.1 Å². The number of carbonyl (C=O) groups is 2. The summed E-state index contributed by atoms with van der Waals surface area (Å²) in [6.45, 7) is 4.58. The highest BCUT2D eigenvalue weighted by molar-refractivity contribution is 5.92. The van der Waals surface area contributed by atoms with Crippen LogP contribution in [0.15, 0.2) is 30.3 Å². The number of carbonyl (C=O) groups excluding carboxylic acids is 2. The van der Waals surface area contributed by atoms with Gasteiger partial charge in [-0.1, -0.05) is 12.1 Å². The monoisotopic (exact) mass is 463 g/mol. The summed E-state index contributed by atoms with van der Waals surface area (Å²) >= 11 is 0. The van der Waals surface area contributed by atoms with Crippen LogP contribution in [0, 0.1) is 13.8 Å². The molecular weight excluding hydrogens is 439 g/mol. The molecule has 0 saturated carbocycles. The van der Waals surface area contributed by atoms with Crippen LogP contribution in [0.1, 0.15) is 23.7 Å². The van der Waals surface area contributed by atoms with Crippen molar-refractivity contribution >= 4 is 28.5 Å². The number of benzene rings is 1. The van der Waals surface area contributed by atoms with Gasteiger partial charge in [0.2, 0.25) is 5.88 Å². The highest BCUT2D eigenvalue weighted by Crippen LogP contribution is 2.27. The third kappa shape index (κ3) is 5.60. The average Bonchev–Trinajstić information content (AvgIpc) is 3.05. The predicted molar refractivity (Wildman–Crippen MR) is 116 cm³/mol. The Morgan fingerprint density at radius 3 is 2.61 bits per heavy atom. The molecule has 3 aromatic rings. The Balaban J connectivity index is 1.66. The molecule has 2 aromatic heterocycles. The van der Waals surface area contributed by atoms with Crippen LogP contribution >= 0.6 is 0 Å². The predicted octanol–water partition coefficient (Wildman–Crippen LogP) is 3.51. The van der Waals surface area contributed by atoms with Crippen LogP contribution in [-0.2, 0) is 23.2 Å². The summed E-state index contributed by atoms with van der Waals surface area (Å²) in [6, 6.07) is 8.16. The van der Waals surface area contributed by atoms with Gasteiger partial charge in [-0.05, 0) is 50.1 Å². The lowest BCUT2D eigenvalue weighted by molar-refractivity contribution is -0.185. The van der Waals surface area contributed by atoms with Crippen LogP contribution in [0.4, 0.5) is 18.9 Å². The van der Waals surface area contributed by atoms with Gasteiger partial charge in [0.25, 0.3) is 5.91 Å². The van der Waals surface area contributed by atoms with E-state index in [0.29, 0.717) is 27.2 Å². The molecule has 2 heterocycles. The normalized spacial score (nSPS) is 11.5. The number of nitrogens with zero attached hydrogens (tertiary/aromatic N) is 4. The number of ether oxygens (including phenoxy) is 1. The van der Waals surface area contributed by atoms with E-state index in [2.05, 4.69) is 15.4 Å². The van der Waals surface area contributed by atoms with Crippen LogP contribution in [0.2, 0.25) is 0 Å². The molecule has 0 spiro atoms. The maximum atomic E-state index is 12.7. The largest absolute Gasteiger partial charge is 0.471 e. The highest BCUT2D eigenvalue weighted by Gasteiger charge is 2.41. The SMILES string of the molecule is CCN(Cc1cccc(NC(=O)COc2nn(C)c3nc(C)cc(C)c23)c1)C(=O)C(F)(F)F. The molecule has 0 radical (unpaired) electrons. The van der Waals surface area contributed by atoms with Gasteiger partial charge in [-0.3, -0.25) is 9.59 Å². The molecule has 0 aliphatic rings. The van der Waals surface area contributed by atoms with E-state index in [1.54, 1.807) is 29.9 Å². The molecular formula is C22H24F3N5O3. The lowest BCUT2D eigenvalue weighted by Gasteiger charge is -2.22. The topological polar surface area (TPSA) is 89.3 Å². The second-order valence-corrected chi connectivity index (χ2v) is 7.56. The van der Waals surface area contributed by atoms with Crippen LogP contribution in [0.25, 0.3) is 11.0 Å². The van der Waals surface area contributed by atoms with Crippen molar-refractivity contribution in [1.82, 2.24) is 19.7 Å². The number of alkyl halides is 3. The molecule has 0 aliphatic carbocycles. The number of fused-ring (bicyclic) bond motifs is 1. The molecule has 0 bridgehead atoms. The smallest absolute Gasteiger partial charge is 0.466 e. The number of anilines is 1. The van der Waals surface area contributed by atoms with Gasteiger partial charge < -0.3 is 15.0 Å². The minimum Gasteiger partial charge on any atom is -0.466 e. The summed E-state index contributed by atoms with van der Waals surface area (Å²) < 4.78 is 45.4. The van der Waals surface area contributed by atoms with Crippen LogP contribution in [0.3, 0.4) is 0 Å². The van der Waals surface area contributed by atoms with Crippen LogP contribution in [0.5, 0.6) is 5.88 Å². The second-order valence-electron chi connectivity index (χ2n) is 7.56. The summed E-state index contributed by atoms with van der Waals surface area (Å²) in [5, 5.41) is 7.64. The summed E-state index contributed by atoms with van der Waals surface area (Å²) in [5.74, 6) is -2.09. The summed E-state index contributed by atoms with van der Waals surface area (Å²) in [6.07, 6.45) is -4.94. The highest BCUT2D eigenvalue weighted by atomic mass is 19.4. The van der Waals surface area contributed by atoms with Crippen molar-refractivity contribution in [3.63, 3.8) is 0 Å². The van der Waals surface area contributed by atoms with E-state index < -0.39 is 18.0 Å². The molecule has 1 N–H and O–H groups in total. The Morgan fingerprint density at radius 1 is 1.21 bits per heavy atom. The number of hydrogen-bond donors (Lipinski definition) is 1. The standard InChI is InChI=1S/C22H24F3N5O3/c1-5-30(21(32)22(23,24)25)11-15-7-6-8-16(10-15)27-17(31)12-33-20-18-13(2)9-14(3)26-19(18)29(4)28-20/h6-10H,5,11-12H2,1-4H3,(H,27,31). The average molecular weight is 463 g/mol. The van der Waals surface area contributed by atoms with Crippen molar-refractivity contribution in [2.24, 2.45) is 7.05 Å². The summed E-state index contributed by atoms with van der Waals surface area (Å²) in [5.41, 5.74) is 3.22. The van der Waals surface area contributed by atoms with E-state index in [-0.39, 0.29) is 25.6 Å². The van der Waals surface area contributed by atoms with Gasteiger partial charge in [0, 0.05) is 31.5 Å². The van der Waals surface area contributed by atoms with Crippen molar-refractivity contribution in [1.29, 1.82) is 0 Å². The fraction of sp³-hybridized carbons (Fsp3) is 0.364. The Labute approximate surface area is 188 Å². The first kappa shape index (κ1) is 24.0. The number of hydrogen-bond acceptors (Lipinski definition) is 5. The van der Waals surface area contributed by atoms with Gasteiger partial charge in [-0.2, -0.15) is 13.2 Å². The number of aromatic nitrogens is 3. The zero-order chi connectivity index (χ0) is 24.3. The molecule has 176 valence electrons. The van der Waals surface area contributed by atoms with Crippen molar-refractivity contribution in [3.8, 4) is 5.88 Å². The van der Waals surface area contributed by atoms with Crippen molar-refractivity contribution in [3.05, 3.63) is 47.2 Å². The second kappa shape index (κ2) is 9.47. The van der Waals surface area contributed by atoms with Gasteiger partial charge in [0.15, 0.2) is 12.3 Å². The molecule has 11 heteroatoms. The number of halogens is 3. The van der Waals surface area contributed by atoms with Crippen molar-refractivity contribution in [2.75, 3.05) is 18.5 Å². The lowest BCUT2D eigenvalue weighted by Crippen LogP contribution is -2.40. The number of nitrogens with one attached hydrogen (secondary N) is 1. The quantitative estimate of drug-likeness (QED) is 0.579. The first-order valence-corrected chi connectivity index (χ1v) is 10.2. The van der Waals surface area contributed by atoms with E-state index in [4.69, 9.17) is 4.74 Å². The first-order chi connectivity index (χ1) is 15.5. The Morgan fingerprint density at radius 2 is 1.94 bits per heavy atom. The van der Waals surface area contributed by atoms with Crippen LogP contribution < -0.4 is 10.1 Å². The molecule has 0 unspecified atom stereocenters.